The highest BCUT2D eigenvalue weighted by Crippen LogP contribution is 2.51. The lowest BCUT2D eigenvalue weighted by atomic mass is 9.76. The number of aryl methyl sites for hydroxylation is 1. The molecule has 0 atom stereocenters. The van der Waals surface area contributed by atoms with Crippen molar-refractivity contribution in [3.8, 4) is 0 Å². The molecule has 1 aromatic heterocycles. The maximum atomic E-state index is 13.1. The lowest BCUT2D eigenvalue weighted by molar-refractivity contribution is -0.0868. The average Bonchev–Trinajstić information content (AvgIpc) is 2.88. The fraction of sp³-hybridized carbons (Fsp3) is 0.278. The minimum absolute atomic E-state index is 0.0776. The van der Waals surface area contributed by atoms with Gasteiger partial charge in [-0.2, -0.15) is 0 Å². The van der Waals surface area contributed by atoms with E-state index in [2.05, 4.69) is 11.9 Å². The number of halogens is 2. The minimum Gasteiger partial charge on any atom is -0.478 e. The fourth-order valence-corrected chi connectivity index (χ4v) is 3.89. The van der Waals surface area contributed by atoms with Crippen molar-refractivity contribution in [2.45, 2.75) is 31.6 Å². The maximum Gasteiger partial charge on any atom is 0.339 e. The Morgan fingerprint density at radius 2 is 1.96 bits per heavy atom. The van der Waals surface area contributed by atoms with Gasteiger partial charge in [0.2, 0.25) is 5.92 Å². The zero-order valence-corrected chi connectivity index (χ0v) is 13.9. The van der Waals surface area contributed by atoms with E-state index >= 15 is 0 Å². The maximum absolute atomic E-state index is 13.1. The number of alkyl halides is 2. The molecule has 1 aliphatic carbocycles. The molecular formula is C18H17F2NO2S. The average molecular weight is 349 g/mol. The van der Waals surface area contributed by atoms with E-state index < -0.39 is 17.8 Å². The predicted octanol–water partition coefficient (Wildman–Crippen LogP) is 5.35. The third-order valence-corrected chi connectivity index (χ3v) is 5.14. The van der Waals surface area contributed by atoms with Gasteiger partial charge in [-0.1, -0.05) is 36.4 Å². The number of thiophene rings is 1. The van der Waals surface area contributed by atoms with Crippen LogP contribution in [0.3, 0.4) is 0 Å². The topological polar surface area (TPSA) is 49.3 Å². The number of anilines is 1. The standard InChI is InChI=1S/C18H17F2NO2S/c1-10-3-5-12(6-4-10)11(2)21-16-15(17(22)23)14(9-24-16)13-7-18(19,20)8-13/h3-6,9,13,21H,2,7-8H2,1H3,(H,22,23). The Morgan fingerprint density at radius 1 is 1.33 bits per heavy atom. The highest BCUT2D eigenvalue weighted by atomic mass is 32.1. The summed E-state index contributed by atoms with van der Waals surface area (Å²) in [6, 6.07) is 7.67. The van der Waals surface area contributed by atoms with Crippen LogP contribution in [0.15, 0.2) is 36.2 Å². The minimum atomic E-state index is -2.68. The van der Waals surface area contributed by atoms with E-state index in [0.29, 0.717) is 16.3 Å². The number of benzene rings is 1. The van der Waals surface area contributed by atoms with E-state index in [1.54, 1.807) is 5.38 Å². The second-order valence-corrected chi connectivity index (χ2v) is 7.01. The van der Waals surface area contributed by atoms with Crippen LogP contribution < -0.4 is 5.32 Å². The van der Waals surface area contributed by atoms with Crippen LogP contribution in [0, 0.1) is 6.92 Å². The molecule has 0 bridgehead atoms. The van der Waals surface area contributed by atoms with Gasteiger partial charge in [-0.25, -0.2) is 13.6 Å². The Bertz CT molecular complexity index is 788. The molecule has 0 unspecified atom stereocenters. The number of carboxylic acids is 1. The molecule has 0 aliphatic heterocycles. The highest BCUT2D eigenvalue weighted by Gasteiger charge is 2.47. The van der Waals surface area contributed by atoms with Crippen molar-refractivity contribution in [2.75, 3.05) is 5.32 Å². The molecule has 0 radical (unpaired) electrons. The summed E-state index contributed by atoms with van der Waals surface area (Å²) >= 11 is 1.21. The van der Waals surface area contributed by atoms with Crippen LogP contribution in [0.25, 0.3) is 5.70 Å². The third kappa shape index (κ3) is 3.19. The van der Waals surface area contributed by atoms with Crippen molar-refractivity contribution in [1.29, 1.82) is 0 Å². The van der Waals surface area contributed by atoms with Crippen LogP contribution in [0.2, 0.25) is 0 Å². The first-order chi connectivity index (χ1) is 11.3. The first kappa shape index (κ1) is 16.6. The number of carboxylic acid groups (broad SMARTS) is 1. The number of hydrogen-bond acceptors (Lipinski definition) is 3. The van der Waals surface area contributed by atoms with Gasteiger partial charge in [0.15, 0.2) is 0 Å². The van der Waals surface area contributed by atoms with Gasteiger partial charge in [-0.3, -0.25) is 0 Å². The molecule has 1 heterocycles. The molecule has 24 heavy (non-hydrogen) atoms. The summed E-state index contributed by atoms with van der Waals surface area (Å²) in [4.78, 5) is 11.6. The van der Waals surface area contributed by atoms with Crippen molar-refractivity contribution in [1.82, 2.24) is 0 Å². The number of rotatable bonds is 5. The van der Waals surface area contributed by atoms with Crippen LogP contribution in [0.1, 0.15) is 45.8 Å². The van der Waals surface area contributed by atoms with Crippen molar-refractivity contribution in [3.05, 3.63) is 58.5 Å². The summed E-state index contributed by atoms with van der Waals surface area (Å²) in [6.07, 6.45) is -0.579. The number of aromatic carboxylic acids is 1. The van der Waals surface area contributed by atoms with E-state index in [0.717, 1.165) is 11.1 Å². The first-order valence-electron chi connectivity index (χ1n) is 7.52. The zero-order chi connectivity index (χ0) is 17.5. The molecule has 3 nitrogen and oxygen atoms in total. The van der Waals surface area contributed by atoms with Crippen LogP contribution >= 0.6 is 11.3 Å². The van der Waals surface area contributed by atoms with E-state index in [9.17, 15) is 18.7 Å². The highest BCUT2D eigenvalue weighted by molar-refractivity contribution is 7.14. The first-order valence-corrected chi connectivity index (χ1v) is 8.40. The Kier molecular flexibility index (Phi) is 4.17. The van der Waals surface area contributed by atoms with Gasteiger partial charge in [0, 0.05) is 18.5 Å². The quantitative estimate of drug-likeness (QED) is 0.765. The smallest absolute Gasteiger partial charge is 0.339 e. The normalized spacial score (nSPS) is 16.5. The molecule has 2 N–H and O–H groups in total. The van der Waals surface area contributed by atoms with Gasteiger partial charge in [0.25, 0.3) is 0 Å². The molecule has 1 aliphatic rings. The summed E-state index contributed by atoms with van der Waals surface area (Å²) in [5.41, 5.74) is 3.10. The lowest BCUT2D eigenvalue weighted by Crippen LogP contribution is -2.34. The van der Waals surface area contributed by atoms with Crippen LogP contribution in [-0.2, 0) is 0 Å². The third-order valence-electron chi connectivity index (χ3n) is 4.23. The summed E-state index contributed by atoms with van der Waals surface area (Å²) in [7, 11) is 0. The second kappa shape index (κ2) is 6.02. The largest absolute Gasteiger partial charge is 0.478 e. The van der Waals surface area contributed by atoms with Crippen molar-refractivity contribution in [3.63, 3.8) is 0 Å². The Morgan fingerprint density at radius 3 is 2.50 bits per heavy atom. The number of nitrogens with one attached hydrogen (secondary N) is 1. The van der Waals surface area contributed by atoms with Crippen molar-refractivity contribution < 1.29 is 18.7 Å². The fourth-order valence-electron chi connectivity index (χ4n) is 2.83. The molecule has 3 rings (SSSR count). The van der Waals surface area contributed by atoms with Crippen LogP contribution in [-0.4, -0.2) is 17.0 Å². The van der Waals surface area contributed by atoms with Gasteiger partial charge in [0.1, 0.15) is 5.00 Å². The van der Waals surface area contributed by atoms with Gasteiger partial charge >= 0.3 is 5.97 Å². The monoisotopic (exact) mass is 349 g/mol. The molecular weight excluding hydrogens is 332 g/mol. The van der Waals surface area contributed by atoms with Crippen LogP contribution in [0.5, 0.6) is 0 Å². The Balaban J connectivity index is 1.83. The van der Waals surface area contributed by atoms with Crippen molar-refractivity contribution in [2.24, 2.45) is 0 Å². The van der Waals surface area contributed by atoms with Crippen molar-refractivity contribution >= 4 is 28.0 Å². The Hall–Kier alpha value is -2.21. The van der Waals surface area contributed by atoms with E-state index in [4.69, 9.17) is 0 Å². The van der Waals surface area contributed by atoms with Crippen LogP contribution in [0.4, 0.5) is 13.8 Å². The molecule has 1 fully saturated rings. The van der Waals surface area contributed by atoms with Gasteiger partial charge in [-0.05, 0) is 29.3 Å². The predicted molar refractivity (Wildman–Crippen MR) is 92.0 cm³/mol. The summed E-state index contributed by atoms with van der Waals surface area (Å²) in [5, 5.41) is 14.6. The molecule has 1 aromatic carbocycles. The Labute approximate surface area is 142 Å². The summed E-state index contributed by atoms with van der Waals surface area (Å²) < 4.78 is 26.2. The number of carbonyl (C=O) groups is 1. The number of hydrogen-bond donors (Lipinski definition) is 2. The molecule has 0 spiro atoms. The lowest BCUT2D eigenvalue weighted by Gasteiger charge is -2.35. The SMILES string of the molecule is C=C(Nc1scc(C2CC(F)(F)C2)c1C(=O)O)c1ccc(C)cc1. The molecule has 6 heteroatoms. The van der Waals surface area contributed by atoms with Gasteiger partial charge < -0.3 is 10.4 Å². The molecule has 0 saturated heterocycles. The summed E-state index contributed by atoms with van der Waals surface area (Å²) in [6.45, 7) is 5.92. The van der Waals surface area contributed by atoms with Gasteiger partial charge in [0.05, 0.1) is 5.56 Å². The molecule has 2 aromatic rings. The van der Waals surface area contributed by atoms with Gasteiger partial charge in [-0.15, -0.1) is 11.3 Å². The molecule has 1 saturated carbocycles. The van der Waals surface area contributed by atoms with E-state index in [1.807, 2.05) is 31.2 Å². The summed E-state index contributed by atoms with van der Waals surface area (Å²) in [5.74, 6) is -4.19. The molecule has 126 valence electrons. The van der Waals surface area contributed by atoms with E-state index in [-0.39, 0.29) is 18.4 Å². The zero-order valence-electron chi connectivity index (χ0n) is 13.1. The second-order valence-electron chi connectivity index (χ2n) is 6.13. The molecule has 0 amide bonds. The van der Waals surface area contributed by atoms with E-state index in [1.165, 1.54) is 11.3 Å².